The summed E-state index contributed by atoms with van der Waals surface area (Å²) >= 11 is 7.28. The molecule has 0 radical (unpaired) electrons. The van der Waals surface area contributed by atoms with Crippen LogP contribution in [0.5, 0.6) is 0 Å². The highest BCUT2D eigenvalue weighted by Crippen LogP contribution is 2.15. The summed E-state index contributed by atoms with van der Waals surface area (Å²) in [5.74, 6) is -0.384. The Bertz CT molecular complexity index is 459. The maximum absolute atomic E-state index is 12.9. The van der Waals surface area contributed by atoms with E-state index >= 15 is 0 Å². The lowest BCUT2D eigenvalue weighted by atomic mass is 10.2. The quantitative estimate of drug-likeness (QED) is 0.909. The predicted molar refractivity (Wildman–Crippen MR) is 64.1 cm³/mol. The van der Waals surface area contributed by atoms with Gasteiger partial charge in [-0.3, -0.25) is 0 Å². The van der Waals surface area contributed by atoms with Gasteiger partial charge in [0, 0.05) is 24.7 Å². The van der Waals surface area contributed by atoms with Gasteiger partial charge in [-0.25, -0.2) is 9.37 Å². The smallest absolute Gasteiger partial charge is 0.141 e. The Kier molecular flexibility index (Phi) is 3.88. The van der Waals surface area contributed by atoms with Gasteiger partial charge in [-0.1, -0.05) is 17.7 Å². The molecule has 0 amide bonds. The highest BCUT2D eigenvalue weighted by atomic mass is 35.5. The lowest BCUT2D eigenvalue weighted by Gasteiger charge is -2.03. The zero-order chi connectivity index (χ0) is 11.4. The van der Waals surface area contributed by atoms with Crippen LogP contribution in [0.4, 0.5) is 4.39 Å². The highest BCUT2D eigenvalue weighted by molar-refractivity contribution is 7.09. The van der Waals surface area contributed by atoms with Gasteiger partial charge >= 0.3 is 0 Å². The van der Waals surface area contributed by atoms with Crippen LogP contribution in [0.2, 0.25) is 5.02 Å². The van der Waals surface area contributed by atoms with Crippen molar-refractivity contribution < 1.29 is 4.39 Å². The lowest BCUT2D eigenvalue weighted by molar-refractivity contribution is 0.625. The maximum Gasteiger partial charge on any atom is 0.141 e. The Morgan fingerprint density at radius 3 is 2.94 bits per heavy atom. The van der Waals surface area contributed by atoms with Gasteiger partial charge in [0.1, 0.15) is 10.8 Å². The summed E-state index contributed by atoms with van der Waals surface area (Å²) in [6, 6.07) is 4.73. The van der Waals surface area contributed by atoms with Crippen LogP contribution < -0.4 is 5.32 Å². The van der Waals surface area contributed by atoms with E-state index in [0.29, 0.717) is 13.1 Å². The number of rotatable bonds is 4. The number of nitrogens with one attached hydrogen (secondary N) is 1. The molecular weight excluding hydrogens is 247 g/mol. The summed E-state index contributed by atoms with van der Waals surface area (Å²) in [7, 11) is 0. The van der Waals surface area contributed by atoms with Gasteiger partial charge in [0.05, 0.1) is 5.02 Å². The molecule has 2 nitrogen and oxygen atoms in total. The Balaban J connectivity index is 1.87. The zero-order valence-electron chi connectivity index (χ0n) is 8.41. The molecule has 0 fully saturated rings. The number of hydrogen-bond acceptors (Lipinski definition) is 3. The van der Waals surface area contributed by atoms with Crippen LogP contribution in [-0.2, 0) is 13.1 Å². The van der Waals surface area contributed by atoms with Gasteiger partial charge in [0.25, 0.3) is 0 Å². The highest BCUT2D eigenvalue weighted by Gasteiger charge is 2.01. The molecule has 84 valence electrons. The summed E-state index contributed by atoms with van der Waals surface area (Å²) in [6.07, 6.45) is 1.77. The first-order valence-corrected chi connectivity index (χ1v) is 6.04. The van der Waals surface area contributed by atoms with Crippen LogP contribution in [0, 0.1) is 5.82 Å². The lowest BCUT2D eigenvalue weighted by Crippen LogP contribution is -2.12. The average Bonchev–Trinajstić information content (AvgIpc) is 2.76. The van der Waals surface area contributed by atoms with Crippen molar-refractivity contribution in [2.75, 3.05) is 0 Å². The summed E-state index contributed by atoms with van der Waals surface area (Å²) in [5.41, 5.74) is 0.961. The first kappa shape index (κ1) is 11.5. The molecule has 0 saturated heterocycles. The molecule has 5 heteroatoms. The topological polar surface area (TPSA) is 24.9 Å². The van der Waals surface area contributed by atoms with E-state index in [2.05, 4.69) is 10.3 Å². The second-order valence-corrected chi connectivity index (χ2v) is 4.66. The van der Waals surface area contributed by atoms with Gasteiger partial charge in [0.15, 0.2) is 0 Å². The fraction of sp³-hybridized carbons (Fsp3) is 0.182. The Morgan fingerprint density at radius 2 is 2.25 bits per heavy atom. The first-order valence-electron chi connectivity index (χ1n) is 4.79. The van der Waals surface area contributed by atoms with Crippen LogP contribution in [-0.4, -0.2) is 4.98 Å². The number of benzene rings is 1. The fourth-order valence-electron chi connectivity index (χ4n) is 1.30. The van der Waals surface area contributed by atoms with E-state index in [1.807, 2.05) is 5.38 Å². The van der Waals surface area contributed by atoms with Crippen molar-refractivity contribution in [1.82, 2.24) is 10.3 Å². The Hall–Kier alpha value is -0.970. The molecule has 1 N–H and O–H groups in total. The van der Waals surface area contributed by atoms with Gasteiger partial charge in [-0.15, -0.1) is 11.3 Å². The molecule has 0 bridgehead atoms. The molecule has 0 unspecified atom stereocenters. The van der Waals surface area contributed by atoms with Crippen molar-refractivity contribution in [3.8, 4) is 0 Å². The summed E-state index contributed by atoms with van der Waals surface area (Å²) in [4.78, 5) is 4.15. The number of nitrogens with zero attached hydrogens (tertiary/aromatic N) is 1. The van der Waals surface area contributed by atoms with E-state index in [4.69, 9.17) is 11.6 Å². The molecule has 0 atom stereocenters. The molecule has 1 aromatic carbocycles. The minimum Gasteiger partial charge on any atom is -0.306 e. The van der Waals surface area contributed by atoms with E-state index in [1.54, 1.807) is 29.7 Å². The van der Waals surface area contributed by atoms with Crippen molar-refractivity contribution >= 4 is 22.9 Å². The van der Waals surface area contributed by atoms with Crippen LogP contribution in [0.1, 0.15) is 10.6 Å². The second-order valence-electron chi connectivity index (χ2n) is 3.28. The summed E-state index contributed by atoms with van der Waals surface area (Å²) in [5, 5.41) is 6.35. The normalized spacial score (nSPS) is 10.6. The Labute approximate surface area is 102 Å². The van der Waals surface area contributed by atoms with Crippen LogP contribution in [0.3, 0.4) is 0 Å². The number of aromatic nitrogens is 1. The van der Waals surface area contributed by atoms with Gasteiger partial charge < -0.3 is 5.32 Å². The molecule has 0 saturated carbocycles. The largest absolute Gasteiger partial charge is 0.306 e. The van der Waals surface area contributed by atoms with E-state index < -0.39 is 0 Å². The van der Waals surface area contributed by atoms with Crippen LogP contribution in [0.25, 0.3) is 0 Å². The molecule has 1 aromatic heterocycles. The average molecular weight is 257 g/mol. The molecule has 0 aliphatic rings. The number of hydrogen-bond donors (Lipinski definition) is 1. The van der Waals surface area contributed by atoms with Crippen LogP contribution in [0.15, 0.2) is 29.8 Å². The molecule has 2 rings (SSSR count). The van der Waals surface area contributed by atoms with Crippen molar-refractivity contribution in [3.63, 3.8) is 0 Å². The van der Waals surface area contributed by atoms with Crippen LogP contribution >= 0.6 is 22.9 Å². The predicted octanol–water partition coefficient (Wildman–Crippen LogP) is 3.23. The van der Waals surface area contributed by atoms with Gasteiger partial charge in [-0.2, -0.15) is 0 Å². The summed E-state index contributed by atoms with van der Waals surface area (Å²) in [6.45, 7) is 1.37. The number of thiazole rings is 1. The third-order valence-corrected chi connectivity index (χ3v) is 3.14. The fourth-order valence-corrected chi connectivity index (χ4v) is 2.09. The SMILES string of the molecule is Fc1ccc(CNCc2nccs2)cc1Cl. The van der Waals surface area contributed by atoms with Gasteiger partial charge in [0.2, 0.25) is 0 Å². The van der Waals surface area contributed by atoms with Crippen molar-refractivity contribution in [2.24, 2.45) is 0 Å². The van der Waals surface area contributed by atoms with E-state index in [-0.39, 0.29) is 10.8 Å². The van der Waals surface area contributed by atoms with Gasteiger partial charge in [-0.05, 0) is 17.7 Å². The molecule has 0 aliphatic heterocycles. The molecule has 0 aliphatic carbocycles. The Morgan fingerprint density at radius 1 is 1.38 bits per heavy atom. The third-order valence-electron chi connectivity index (χ3n) is 2.07. The van der Waals surface area contributed by atoms with Crippen molar-refractivity contribution in [3.05, 3.63) is 51.2 Å². The van der Waals surface area contributed by atoms with E-state index in [0.717, 1.165) is 10.6 Å². The van der Waals surface area contributed by atoms with E-state index in [1.165, 1.54) is 6.07 Å². The second kappa shape index (κ2) is 5.39. The molecule has 0 spiro atoms. The molecule has 16 heavy (non-hydrogen) atoms. The summed E-state index contributed by atoms with van der Waals surface area (Å²) < 4.78 is 12.9. The molecular formula is C11H10ClFN2S. The zero-order valence-corrected chi connectivity index (χ0v) is 9.98. The third kappa shape index (κ3) is 3.01. The molecule has 1 heterocycles. The monoisotopic (exact) mass is 256 g/mol. The van der Waals surface area contributed by atoms with Crippen molar-refractivity contribution in [2.45, 2.75) is 13.1 Å². The van der Waals surface area contributed by atoms with Crippen molar-refractivity contribution in [1.29, 1.82) is 0 Å². The first-order chi connectivity index (χ1) is 7.75. The minimum absolute atomic E-state index is 0.161. The maximum atomic E-state index is 12.9. The number of halogens is 2. The molecule has 2 aromatic rings. The van der Waals surface area contributed by atoms with E-state index in [9.17, 15) is 4.39 Å². The minimum atomic E-state index is -0.384. The standard InChI is InChI=1S/C11H10ClFN2S/c12-9-5-8(1-2-10(9)13)6-14-7-11-15-3-4-16-11/h1-5,14H,6-7H2.